The van der Waals surface area contributed by atoms with E-state index in [1.165, 1.54) is 11.1 Å². The zero-order chi connectivity index (χ0) is 13.2. The molecule has 0 atom stereocenters. The van der Waals surface area contributed by atoms with E-state index < -0.39 is 0 Å². The highest BCUT2D eigenvalue weighted by atomic mass is 16.2. The molecule has 0 bridgehead atoms. The van der Waals surface area contributed by atoms with Gasteiger partial charge in [-0.2, -0.15) is 0 Å². The van der Waals surface area contributed by atoms with Gasteiger partial charge in [-0.05, 0) is 57.0 Å². The molecule has 1 aromatic carbocycles. The molecule has 2 N–H and O–H groups in total. The summed E-state index contributed by atoms with van der Waals surface area (Å²) in [6.45, 7) is 4.87. The number of amides is 1. The molecule has 0 heterocycles. The van der Waals surface area contributed by atoms with Gasteiger partial charge in [-0.1, -0.05) is 12.5 Å². The molecule has 0 aliphatic heterocycles. The molecule has 1 amide bonds. The van der Waals surface area contributed by atoms with E-state index in [2.05, 4.69) is 30.5 Å². The van der Waals surface area contributed by atoms with Gasteiger partial charge >= 0.3 is 0 Å². The van der Waals surface area contributed by atoms with Crippen LogP contribution in [0.1, 0.15) is 30.4 Å². The van der Waals surface area contributed by atoms with Crippen LogP contribution in [0.25, 0.3) is 0 Å². The Balaban J connectivity index is 2.10. The fourth-order valence-electron chi connectivity index (χ4n) is 2.74. The first-order valence-electron chi connectivity index (χ1n) is 6.60. The topological polar surface area (TPSA) is 41.1 Å². The van der Waals surface area contributed by atoms with Crippen LogP contribution in [0.15, 0.2) is 18.2 Å². The van der Waals surface area contributed by atoms with Crippen molar-refractivity contribution in [2.24, 2.45) is 5.41 Å². The van der Waals surface area contributed by atoms with E-state index in [0.717, 1.165) is 31.5 Å². The Bertz CT molecular complexity index is 430. The lowest BCUT2D eigenvalue weighted by molar-refractivity contribution is -0.129. The van der Waals surface area contributed by atoms with Crippen LogP contribution in [0.5, 0.6) is 0 Å². The van der Waals surface area contributed by atoms with Gasteiger partial charge in [0.1, 0.15) is 0 Å². The zero-order valence-electron chi connectivity index (χ0n) is 11.5. The SMILES string of the molecule is CNCC1(C(=O)Nc2cc(C)cc(C)c2)CCC1. The summed E-state index contributed by atoms with van der Waals surface area (Å²) in [6.07, 6.45) is 3.14. The molecule has 2 rings (SSSR count). The normalized spacial score (nSPS) is 17.1. The first-order valence-corrected chi connectivity index (χ1v) is 6.60. The van der Waals surface area contributed by atoms with Crippen LogP contribution in [-0.4, -0.2) is 19.5 Å². The minimum Gasteiger partial charge on any atom is -0.326 e. The molecule has 3 nitrogen and oxygen atoms in total. The molecule has 0 aromatic heterocycles. The summed E-state index contributed by atoms with van der Waals surface area (Å²) in [5.41, 5.74) is 3.09. The van der Waals surface area contributed by atoms with E-state index in [9.17, 15) is 4.79 Å². The third kappa shape index (κ3) is 2.56. The second kappa shape index (κ2) is 5.11. The van der Waals surface area contributed by atoms with E-state index >= 15 is 0 Å². The van der Waals surface area contributed by atoms with Gasteiger partial charge in [-0.15, -0.1) is 0 Å². The zero-order valence-corrected chi connectivity index (χ0v) is 11.5. The highest BCUT2D eigenvalue weighted by Crippen LogP contribution is 2.41. The van der Waals surface area contributed by atoms with Crippen molar-refractivity contribution in [1.29, 1.82) is 0 Å². The van der Waals surface area contributed by atoms with E-state index in [0.29, 0.717) is 0 Å². The van der Waals surface area contributed by atoms with Crippen LogP contribution in [0, 0.1) is 19.3 Å². The molecule has 1 aromatic rings. The molecule has 0 unspecified atom stereocenters. The number of rotatable bonds is 4. The first kappa shape index (κ1) is 13.1. The lowest BCUT2D eigenvalue weighted by atomic mass is 9.68. The van der Waals surface area contributed by atoms with Crippen molar-refractivity contribution in [2.75, 3.05) is 18.9 Å². The number of hydrogen-bond donors (Lipinski definition) is 2. The van der Waals surface area contributed by atoms with Gasteiger partial charge in [0.15, 0.2) is 0 Å². The molecule has 1 fully saturated rings. The lowest BCUT2D eigenvalue weighted by Crippen LogP contribution is -2.48. The summed E-state index contributed by atoms with van der Waals surface area (Å²) in [6, 6.07) is 6.16. The van der Waals surface area contributed by atoms with Crippen LogP contribution < -0.4 is 10.6 Å². The Hall–Kier alpha value is -1.35. The van der Waals surface area contributed by atoms with Crippen molar-refractivity contribution in [3.8, 4) is 0 Å². The van der Waals surface area contributed by atoms with Gasteiger partial charge in [0.05, 0.1) is 5.41 Å². The van der Waals surface area contributed by atoms with Gasteiger partial charge in [-0.3, -0.25) is 4.79 Å². The van der Waals surface area contributed by atoms with Gasteiger partial charge in [0.2, 0.25) is 5.91 Å². The van der Waals surface area contributed by atoms with Crippen molar-refractivity contribution in [3.05, 3.63) is 29.3 Å². The summed E-state index contributed by atoms with van der Waals surface area (Å²) < 4.78 is 0. The standard InChI is InChI=1S/C15H22N2O/c1-11-7-12(2)9-13(8-11)17-14(18)15(10-16-3)5-4-6-15/h7-9,16H,4-6,10H2,1-3H3,(H,17,18). The Labute approximate surface area is 109 Å². The van der Waals surface area contributed by atoms with Crippen LogP contribution in [0.4, 0.5) is 5.69 Å². The Kier molecular flexibility index (Phi) is 3.71. The van der Waals surface area contributed by atoms with Crippen LogP contribution in [0.3, 0.4) is 0 Å². The second-order valence-electron chi connectivity index (χ2n) is 5.49. The molecule has 98 valence electrons. The van der Waals surface area contributed by atoms with Gasteiger partial charge in [0, 0.05) is 12.2 Å². The van der Waals surface area contributed by atoms with Crippen molar-refractivity contribution in [3.63, 3.8) is 0 Å². The minimum atomic E-state index is -0.188. The lowest BCUT2D eigenvalue weighted by Gasteiger charge is -2.40. The largest absolute Gasteiger partial charge is 0.326 e. The van der Waals surface area contributed by atoms with E-state index in [1.807, 2.05) is 19.2 Å². The maximum atomic E-state index is 12.4. The van der Waals surface area contributed by atoms with Crippen LogP contribution >= 0.6 is 0 Å². The Morgan fingerprint density at radius 3 is 2.28 bits per heavy atom. The molecule has 0 radical (unpaired) electrons. The molecule has 3 heteroatoms. The highest BCUT2D eigenvalue weighted by molar-refractivity contribution is 5.96. The third-order valence-corrected chi connectivity index (χ3v) is 3.79. The highest BCUT2D eigenvalue weighted by Gasteiger charge is 2.43. The number of carbonyl (C=O) groups excluding carboxylic acids is 1. The number of nitrogens with one attached hydrogen (secondary N) is 2. The fraction of sp³-hybridized carbons (Fsp3) is 0.533. The average molecular weight is 246 g/mol. The summed E-state index contributed by atoms with van der Waals surface area (Å²) >= 11 is 0. The molecule has 0 spiro atoms. The molecule has 1 aliphatic carbocycles. The summed E-state index contributed by atoms with van der Waals surface area (Å²) in [5, 5.41) is 6.21. The van der Waals surface area contributed by atoms with Crippen molar-refractivity contribution in [1.82, 2.24) is 5.32 Å². The number of benzene rings is 1. The van der Waals surface area contributed by atoms with Gasteiger partial charge in [-0.25, -0.2) is 0 Å². The predicted octanol–water partition coefficient (Wildman–Crippen LogP) is 2.63. The van der Waals surface area contributed by atoms with Crippen LogP contribution in [-0.2, 0) is 4.79 Å². The quantitative estimate of drug-likeness (QED) is 0.857. The Morgan fingerprint density at radius 2 is 1.83 bits per heavy atom. The van der Waals surface area contributed by atoms with Crippen molar-refractivity contribution >= 4 is 11.6 Å². The molecular formula is C15H22N2O. The number of hydrogen-bond acceptors (Lipinski definition) is 2. The smallest absolute Gasteiger partial charge is 0.231 e. The van der Waals surface area contributed by atoms with E-state index in [1.54, 1.807) is 0 Å². The maximum absolute atomic E-state index is 12.4. The predicted molar refractivity (Wildman–Crippen MR) is 74.8 cm³/mol. The summed E-state index contributed by atoms with van der Waals surface area (Å²) in [7, 11) is 1.91. The van der Waals surface area contributed by atoms with Gasteiger partial charge in [0.25, 0.3) is 0 Å². The monoisotopic (exact) mass is 246 g/mol. The number of aryl methyl sites for hydroxylation is 2. The van der Waals surface area contributed by atoms with Crippen molar-refractivity contribution < 1.29 is 4.79 Å². The minimum absolute atomic E-state index is 0.160. The average Bonchev–Trinajstić information content (AvgIpc) is 2.21. The molecule has 1 aliphatic rings. The first-order chi connectivity index (χ1) is 8.55. The Morgan fingerprint density at radius 1 is 1.22 bits per heavy atom. The maximum Gasteiger partial charge on any atom is 0.231 e. The molecule has 0 saturated heterocycles. The molecular weight excluding hydrogens is 224 g/mol. The van der Waals surface area contributed by atoms with E-state index in [4.69, 9.17) is 0 Å². The number of carbonyl (C=O) groups is 1. The van der Waals surface area contributed by atoms with E-state index in [-0.39, 0.29) is 11.3 Å². The van der Waals surface area contributed by atoms with Gasteiger partial charge < -0.3 is 10.6 Å². The van der Waals surface area contributed by atoms with Crippen LogP contribution in [0.2, 0.25) is 0 Å². The third-order valence-electron chi connectivity index (χ3n) is 3.79. The summed E-state index contributed by atoms with van der Waals surface area (Å²) in [5.74, 6) is 0.160. The number of anilines is 1. The second-order valence-corrected chi connectivity index (χ2v) is 5.49. The molecule has 18 heavy (non-hydrogen) atoms. The van der Waals surface area contributed by atoms with Crippen molar-refractivity contribution in [2.45, 2.75) is 33.1 Å². The summed E-state index contributed by atoms with van der Waals surface area (Å²) in [4.78, 5) is 12.4. The fourth-order valence-corrected chi connectivity index (χ4v) is 2.74. The molecule has 1 saturated carbocycles.